The number of sulfone groups is 1. The largest absolute Gasteiger partial charge is 0.411 e. The maximum Gasteiger partial charge on any atom is 0.152 e. The molecule has 1 aromatic rings. The second-order valence-electron chi connectivity index (χ2n) is 5.06. The van der Waals surface area contributed by atoms with Crippen molar-refractivity contribution in [1.29, 1.82) is 0 Å². The van der Waals surface area contributed by atoms with E-state index in [4.69, 9.17) is 5.21 Å². The van der Waals surface area contributed by atoms with E-state index in [2.05, 4.69) is 10.1 Å². The normalized spacial score (nSPS) is 27.5. The summed E-state index contributed by atoms with van der Waals surface area (Å²) in [6, 6.07) is 7.76. The van der Waals surface area contributed by atoms with Gasteiger partial charge in [0.2, 0.25) is 0 Å². The fourth-order valence-electron chi connectivity index (χ4n) is 2.95. The lowest BCUT2D eigenvalue weighted by Crippen LogP contribution is -2.41. The first kappa shape index (κ1) is 12.5. The predicted molar refractivity (Wildman–Crippen MR) is 73.8 cm³/mol. The van der Waals surface area contributed by atoms with Crippen LogP contribution in [-0.2, 0) is 9.84 Å². The van der Waals surface area contributed by atoms with Crippen LogP contribution < -0.4 is 4.90 Å². The van der Waals surface area contributed by atoms with Crippen LogP contribution in [0.1, 0.15) is 18.4 Å². The van der Waals surface area contributed by atoms with Gasteiger partial charge in [-0.25, -0.2) is 8.42 Å². The van der Waals surface area contributed by atoms with Gasteiger partial charge in [0.1, 0.15) is 0 Å². The summed E-state index contributed by atoms with van der Waals surface area (Å²) in [5, 5.41) is 12.4. The highest BCUT2D eigenvalue weighted by Gasteiger charge is 2.35. The number of hydrogen-bond acceptors (Lipinski definition) is 5. The summed E-state index contributed by atoms with van der Waals surface area (Å²) in [5.74, 6) is 0.504. The van der Waals surface area contributed by atoms with Crippen molar-refractivity contribution in [2.75, 3.05) is 23.0 Å². The van der Waals surface area contributed by atoms with Crippen molar-refractivity contribution in [2.45, 2.75) is 18.9 Å². The summed E-state index contributed by atoms with van der Waals surface area (Å²) in [4.78, 5) is 2.15. The average molecular weight is 280 g/mol. The molecule has 2 aliphatic rings. The maximum atomic E-state index is 11.6. The predicted octanol–water partition coefficient (Wildman–Crippen LogP) is 1.26. The van der Waals surface area contributed by atoms with Gasteiger partial charge in [0.15, 0.2) is 9.84 Å². The molecule has 102 valence electrons. The van der Waals surface area contributed by atoms with Gasteiger partial charge in [-0.1, -0.05) is 23.4 Å². The minimum atomic E-state index is -2.89. The molecule has 2 heterocycles. The van der Waals surface area contributed by atoms with E-state index < -0.39 is 9.84 Å². The van der Waals surface area contributed by atoms with Crippen molar-refractivity contribution in [3.8, 4) is 0 Å². The molecule has 1 atom stereocenters. The molecule has 19 heavy (non-hydrogen) atoms. The molecule has 2 aliphatic heterocycles. The van der Waals surface area contributed by atoms with Gasteiger partial charge in [0, 0.05) is 30.3 Å². The Bertz CT molecular complexity index is 625. The highest BCUT2D eigenvalue weighted by Crippen LogP contribution is 2.32. The molecule has 0 amide bonds. The first-order valence-electron chi connectivity index (χ1n) is 6.38. The van der Waals surface area contributed by atoms with Crippen LogP contribution in [0.4, 0.5) is 5.69 Å². The molecule has 6 heteroatoms. The molecular weight excluding hydrogens is 264 g/mol. The Hall–Kier alpha value is -1.56. The van der Waals surface area contributed by atoms with Crippen LogP contribution in [-0.4, -0.2) is 43.4 Å². The molecule has 5 nitrogen and oxygen atoms in total. The van der Waals surface area contributed by atoms with E-state index in [9.17, 15) is 8.42 Å². The Morgan fingerprint density at radius 2 is 2.11 bits per heavy atom. The second kappa shape index (κ2) is 4.52. The maximum absolute atomic E-state index is 11.6. The number of hydrogen-bond donors (Lipinski definition) is 1. The van der Waals surface area contributed by atoms with Gasteiger partial charge in [0.05, 0.1) is 17.2 Å². The SMILES string of the molecule is O=S1(=O)CCC(N2CCC(=NO)c3ccccc32)C1. The summed E-state index contributed by atoms with van der Waals surface area (Å²) in [7, 11) is -2.89. The lowest BCUT2D eigenvalue weighted by atomic mass is 9.98. The van der Waals surface area contributed by atoms with Crippen LogP contribution in [0.25, 0.3) is 0 Å². The standard InChI is InChI=1S/C13H16N2O3S/c16-14-12-5-7-15(10-6-8-19(17,18)9-10)13-4-2-1-3-11(12)13/h1-4,10,16H,5-9H2. The lowest BCUT2D eigenvalue weighted by Gasteiger charge is -2.35. The molecule has 0 aliphatic carbocycles. The third-order valence-electron chi connectivity index (χ3n) is 3.88. The van der Waals surface area contributed by atoms with Crippen molar-refractivity contribution >= 4 is 21.2 Å². The molecule has 1 aromatic carbocycles. The Balaban J connectivity index is 1.97. The Morgan fingerprint density at radius 3 is 2.79 bits per heavy atom. The fraction of sp³-hybridized carbons (Fsp3) is 0.462. The minimum absolute atomic E-state index is 0.0476. The molecule has 1 saturated heterocycles. The molecule has 1 fully saturated rings. The molecule has 0 saturated carbocycles. The van der Waals surface area contributed by atoms with Crippen LogP contribution in [0.5, 0.6) is 0 Å². The van der Waals surface area contributed by atoms with E-state index in [0.29, 0.717) is 25.1 Å². The van der Waals surface area contributed by atoms with Crippen molar-refractivity contribution in [1.82, 2.24) is 0 Å². The first-order valence-corrected chi connectivity index (χ1v) is 8.20. The second-order valence-corrected chi connectivity index (χ2v) is 7.29. The van der Waals surface area contributed by atoms with E-state index in [0.717, 1.165) is 11.3 Å². The third kappa shape index (κ3) is 2.20. The molecule has 0 aromatic heterocycles. The van der Waals surface area contributed by atoms with Crippen molar-refractivity contribution in [3.05, 3.63) is 29.8 Å². The van der Waals surface area contributed by atoms with Gasteiger partial charge in [0.25, 0.3) is 0 Å². The van der Waals surface area contributed by atoms with Crippen LogP contribution >= 0.6 is 0 Å². The van der Waals surface area contributed by atoms with E-state index in [1.807, 2.05) is 24.3 Å². The molecule has 1 N–H and O–H groups in total. The molecule has 0 spiro atoms. The van der Waals surface area contributed by atoms with E-state index in [1.165, 1.54) is 0 Å². The van der Waals surface area contributed by atoms with Crippen LogP contribution in [0, 0.1) is 0 Å². The van der Waals surface area contributed by atoms with Gasteiger partial charge < -0.3 is 10.1 Å². The number of rotatable bonds is 1. The van der Waals surface area contributed by atoms with Gasteiger partial charge >= 0.3 is 0 Å². The Morgan fingerprint density at radius 1 is 1.32 bits per heavy atom. The number of fused-ring (bicyclic) bond motifs is 1. The van der Waals surface area contributed by atoms with Gasteiger partial charge in [-0.15, -0.1) is 0 Å². The molecule has 1 unspecified atom stereocenters. The first-order chi connectivity index (χ1) is 9.11. The lowest BCUT2D eigenvalue weighted by molar-refractivity contribution is 0.317. The summed E-state index contributed by atoms with van der Waals surface area (Å²) >= 11 is 0. The summed E-state index contributed by atoms with van der Waals surface area (Å²) in [5.41, 5.74) is 2.55. The zero-order valence-corrected chi connectivity index (χ0v) is 11.3. The molecule has 3 rings (SSSR count). The zero-order chi connectivity index (χ0) is 13.5. The van der Waals surface area contributed by atoms with Crippen molar-refractivity contribution < 1.29 is 13.6 Å². The number of anilines is 1. The van der Waals surface area contributed by atoms with Crippen molar-refractivity contribution in [2.24, 2.45) is 5.16 Å². The quantitative estimate of drug-likeness (QED) is 0.621. The summed E-state index contributed by atoms with van der Waals surface area (Å²) in [6.07, 6.45) is 1.33. The number of nitrogens with zero attached hydrogens (tertiary/aromatic N) is 2. The highest BCUT2D eigenvalue weighted by molar-refractivity contribution is 7.91. The number of oxime groups is 1. The molecule has 0 bridgehead atoms. The molecule has 0 radical (unpaired) electrons. The van der Waals surface area contributed by atoms with Crippen LogP contribution in [0.3, 0.4) is 0 Å². The number of para-hydroxylation sites is 1. The molecular formula is C13H16N2O3S. The minimum Gasteiger partial charge on any atom is -0.411 e. The van der Waals surface area contributed by atoms with E-state index >= 15 is 0 Å². The highest BCUT2D eigenvalue weighted by atomic mass is 32.2. The number of benzene rings is 1. The monoisotopic (exact) mass is 280 g/mol. The van der Waals surface area contributed by atoms with Crippen LogP contribution in [0.15, 0.2) is 29.4 Å². The Kier molecular flexibility index (Phi) is 2.97. The van der Waals surface area contributed by atoms with Crippen molar-refractivity contribution in [3.63, 3.8) is 0 Å². The summed E-state index contributed by atoms with van der Waals surface area (Å²) in [6.45, 7) is 0.705. The van der Waals surface area contributed by atoms with Gasteiger partial charge in [-0.05, 0) is 12.5 Å². The topological polar surface area (TPSA) is 70.0 Å². The van der Waals surface area contributed by atoms with Gasteiger partial charge in [-0.3, -0.25) is 0 Å². The Labute approximate surface area is 112 Å². The summed E-state index contributed by atoms with van der Waals surface area (Å²) < 4.78 is 23.3. The third-order valence-corrected chi connectivity index (χ3v) is 5.63. The fourth-order valence-corrected chi connectivity index (χ4v) is 4.68. The average Bonchev–Trinajstić information content (AvgIpc) is 2.77. The van der Waals surface area contributed by atoms with Gasteiger partial charge in [-0.2, -0.15) is 0 Å². The smallest absolute Gasteiger partial charge is 0.152 e. The zero-order valence-electron chi connectivity index (χ0n) is 10.5. The van der Waals surface area contributed by atoms with Crippen LogP contribution in [0.2, 0.25) is 0 Å². The van der Waals surface area contributed by atoms with E-state index in [1.54, 1.807) is 0 Å². The van der Waals surface area contributed by atoms with E-state index in [-0.39, 0.29) is 17.5 Å².